The number of aromatic nitrogens is 1. The van der Waals surface area contributed by atoms with E-state index >= 15 is 0 Å². The van der Waals surface area contributed by atoms with Crippen molar-refractivity contribution in [1.82, 2.24) is 4.57 Å². The number of hydrogen-bond acceptors (Lipinski definition) is 3. The number of ether oxygens (including phenoxy) is 1. The van der Waals surface area contributed by atoms with Crippen molar-refractivity contribution in [3.8, 4) is 0 Å². The van der Waals surface area contributed by atoms with E-state index in [1.165, 1.54) is 0 Å². The van der Waals surface area contributed by atoms with E-state index in [0.717, 1.165) is 29.3 Å². The van der Waals surface area contributed by atoms with Crippen molar-refractivity contribution in [1.29, 1.82) is 0 Å². The number of rotatable bonds is 6. The van der Waals surface area contributed by atoms with Gasteiger partial charge < -0.3 is 15.0 Å². The molecule has 0 saturated heterocycles. The molecule has 2 N–H and O–H groups in total. The van der Waals surface area contributed by atoms with Crippen LogP contribution in [0.15, 0.2) is 54.6 Å². The van der Waals surface area contributed by atoms with Crippen LogP contribution in [0.25, 0.3) is 10.9 Å². The molecule has 1 heterocycles. The molecule has 0 fully saturated rings. The van der Waals surface area contributed by atoms with E-state index in [9.17, 15) is 4.79 Å². The van der Waals surface area contributed by atoms with Crippen LogP contribution >= 0.6 is 0 Å². The number of nitrogen functional groups attached to an aromatic ring is 1. The second-order valence-electron chi connectivity index (χ2n) is 5.91. The van der Waals surface area contributed by atoms with Gasteiger partial charge in [-0.05, 0) is 36.2 Å². The van der Waals surface area contributed by atoms with Crippen LogP contribution in [0, 0.1) is 0 Å². The van der Waals surface area contributed by atoms with E-state index in [2.05, 4.69) is 19.1 Å². The number of nitrogens with zero attached hydrogens (tertiary/aromatic N) is 1. The fourth-order valence-electron chi connectivity index (χ4n) is 2.78. The van der Waals surface area contributed by atoms with Crippen molar-refractivity contribution in [2.45, 2.75) is 26.3 Å². The molecule has 4 heteroatoms. The summed E-state index contributed by atoms with van der Waals surface area (Å²) in [5.41, 5.74) is 9.25. The third-order valence-electron chi connectivity index (χ3n) is 4.05. The maximum Gasteiger partial charge on any atom is 0.354 e. The van der Waals surface area contributed by atoms with Crippen LogP contribution in [0.5, 0.6) is 0 Å². The molecule has 3 rings (SSSR count). The largest absolute Gasteiger partial charge is 0.461 e. The normalized spacial score (nSPS) is 10.9. The van der Waals surface area contributed by atoms with Gasteiger partial charge in [0.15, 0.2) is 0 Å². The van der Waals surface area contributed by atoms with Crippen LogP contribution < -0.4 is 5.73 Å². The minimum absolute atomic E-state index is 0.283. The average molecular weight is 322 g/mol. The van der Waals surface area contributed by atoms with Gasteiger partial charge in [-0.1, -0.05) is 43.7 Å². The van der Waals surface area contributed by atoms with E-state index < -0.39 is 0 Å². The Morgan fingerprint density at radius 3 is 2.67 bits per heavy atom. The first-order valence-corrected chi connectivity index (χ1v) is 8.29. The smallest absolute Gasteiger partial charge is 0.354 e. The van der Waals surface area contributed by atoms with Gasteiger partial charge in [-0.2, -0.15) is 0 Å². The van der Waals surface area contributed by atoms with Gasteiger partial charge in [0.2, 0.25) is 0 Å². The molecular formula is C20H22N2O2. The summed E-state index contributed by atoms with van der Waals surface area (Å²) in [5, 5.41) is 0.952. The predicted molar refractivity (Wildman–Crippen MR) is 97.1 cm³/mol. The molecule has 4 nitrogen and oxygen atoms in total. The highest BCUT2D eigenvalue weighted by molar-refractivity contribution is 5.96. The van der Waals surface area contributed by atoms with Crippen molar-refractivity contribution >= 4 is 22.6 Å². The van der Waals surface area contributed by atoms with Gasteiger partial charge >= 0.3 is 5.97 Å². The molecule has 24 heavy (non-hydrogen) atoms. The Morgan fingerprint density at radius 2 is 1.92 bits per heavy atom. The maximum absolute atomic E-state index is 12.5. The predicted octanol–water partition coefficient (Wildman–Crippen LogP) is 4.23. The van der Waals surface area contributed by atoms with Gasteiger partial charge in [-0.25, -0.2) is 4.79 Å². The van der Waals surface area contributed by atoms with Crippen molar-refractivity contribution < 1.29 is 9.53 Å². The van der Waals surface area contributed by atoms with Gasteiger partial charge in [-0.15, -0.1) is 0 Å². The second-order valence-corrected chi connectivity index (χ2v) is 5.91. The molecule has 0 bridgehead atoms. The summed E-state index contributed by atoms with van der Waals surface area (Å²) >= 11 is 0. The molecule has 0 unspecified atom stereocenters. The highest BCUT2D eigenvalue weighted by Gasteiger charge is 2.17. The van der Waals surface area contributed by atoms with Crippen molar-refractivity contribution in [3.05, 3.63) is 65.9 Å². The Kier molecular flexibility index (Phi) is 4.85. The Morgan fingerprint density at radius 1 is 1.12 bits per heavy atom. The molecule has 0 radical (unpaired) electrons. The SMILES string of the molecule is CCCCOC(=O)c1cc2cc(N)ccc2n1Cc1ccccc1. The molecule has 3 aromatic rings. The van der Waals surface area contributed by atoms with Gasteiger partial charge in [0.25, 0.3) is 0 Å². The van der Waals surface area contributed by atoms with Gasteiger partial charge in [0, 0.05) is 23.1 Å². The van der Waals surface area contributed by atoms with Crippen LogP contribution in [0.3, 0.4) is 0 Å². The summed E-state index contributed by atoms with van der Waals surface area (Å²) in [7, 11) is 0. The standard InChI is InChI=1S/C20H22N2O2/c1-2-3-11-24-20(23)19-13-16-12-17(21)9-10-18(16)22(19)14-15-7-5-4-6-8-15/h4-10,12-13H,2-3,11,14,21H2,1H3. The lowest BCUT2D eigenvalue weighted by atomic mass is 10.2. The van der Waals surface area contributed by atoms with Crippen LogP contribution in [0.1, 0.15) is 35.8 Å². The number of unbranched alkanes of at least 4 members (excludes halogenated alkanes) is 1. The molecule has 0 aliphatic heterocycles. The quantitative estimate of drug-likeness (QED) is 0.420. The monoisotopic (exact) mass is 322 g/mol. The second kappa shape index (κ2) is 7.21. The van der Waals surface area contributed by atoms with E-state index in [4.69, 9.17) is 10.5 Å². The number of hydrogen-bond donors (Lipinski definition) is 1. The van der Waals surface area contributed by atoms with Crippen LogP contribution in [-0.4, -0.2) is 17.1 Å². The number of carbonyl (C=O) groups excluding carboxylic acids is 1. The lowest BCUT2D eigenvalue weighted by molar-refractivity contribution is 0.0488. The van der Waals surface area contributed by atoms with Crippen molar-refractivity contribution in [2.24, 2.45) is 0 Å². The summed E-state index contributed by atoms with van der Waals surface area (Å²) < 4.78 is 7.41. The first kappa shape index (κ1) is 16.1. The van der Waals surface area contributed by atoms with Gasteiger partial charge in [0.05, 0.1) is 6.61 Å². The molecular weight excluding hydrogens is 300 g/mol. The zero-order valence-electron chi connectivity index (χ0n) is 13.9. The summed E-state index contributed by atoms with van der Waals surface area (Å²) in [6.45, 7) is 3.14. The first-order valence-electron chi connectivity index (χ1n) is 8.29. The van der Waals surface area contributed by atoms with Gasteiger partial charge in [0.1, 0.15) is 5.69 Å². The number of carbonyl (C=O) groups is 1. The number of esters is 1. The number of benzene rings is 2. The topological polar surface area (TPSA) is 57.2 Å². The minimum atomic E-state index is -0.283. The Balaban J connectivity index is 1.99. The third-order valence-corrected chi connectivity index (χ3v) is 4.05. The Hall–Kier alpha value is -2.75. The average Bonchev–Trinajstić information content (AvgIpc) is 2.93. The van der Waals surface area contributed by atoms with Crippen molar-refractivity contribution in [2.75, 3.05) is 12.3 Å². The maximum atomic E-state index is 12.5. The molecule has 0 aliphatic rings. The Bertz CT molecular complexity index is 837. The lowest BCUT2D eigenvalue weighted by Crippen LogP contribution is -2.13. The Labute approximate surface area is 141 Å². The molecule has 0 saturated carbocycles. The zero-order valence-corrected chi connectivity index (χ0v) is 13.9. The van der Waals surface area contributed by atoms with Gasteiger partial charge in [-0.3, -0.25) is 0 Å². The van der Waals surface area contributed by atoms with E-state index in [0.29, 0.717) is 24.5 Å². The van der Waals surface area contributed by atoms with Crippen molar-refractivity contribution in [3.63, 3.8) is 0 Å². The summed E-state index contributed by atoms with van der Waals surface area (Å²) in [5.74, 6) is -0.283. The summed E-state index contributed by atoms with van der Waals surface area (Å²) in [4.78, 5) is 12.5. The number of fused-ring (bicyclic) bond motifs is 1. The minimum Gasteiger partial charge on any atom is -0.461 e. The van der Waals surface area contributed by atoms with E-state index in [1.54, 1.807) is 0 Å². The highest BCUT2D eigenvalue weighted by Crippen LogP contribution is 2.24. The molecule has 0 atom stereocenters. The molecule has 0 amide bonds. The highest BCUT2D eigenvalue weighted by atomic mass is 16.5. The van der Waals surface area contributed by atoms with Crippen LogP contribution in [0.2, 0.25) is 0 Å². The van der Waals surface area contributed by atoms with E-state index in [-0.39, 0.29) is 5.97 Å². The van der Waals surface area contributed by atoms with Crippen LogP contribution in [0.4, 0.5) is 5.69 Å². The molecule has 2 aromatic carbocycles. The first-order chi connectivity index (χ1) is 11.7. The lowest BCUT2D eigenvalue weighted by Gasteiger charge is -2.11. The van der Waals surface area contributed by atoms with E-state index in [1.807, 2.05) is 47.0 Å². The number of nitrogens with two attached hydrogens (primary N) is 1. The third kappa shape index (κ3) is 3.43. The fourth-order valence-corrected chi connectivity index (χ4v) is 2.78. The number of anilines is 1. The summed E-state index contributed by atoms with van der Waals surface area (Å²) in [6.07, 6.45) is 1.87. The molecule has 0 spiro atoms. The molecule has 1 aromatic heterocycles. The molecule has 0 aliphatic carbocycles. The zero-order chi connectivity index (χ0) is 16.9. The summed E-state index contributed by atoms with van der Waals surface area (Å²) in [6, 6.07) is 17.6. The molecule has 124 valence electrons. The van der Waals surface area contributed by atoms with Crippen LogP contribution in [-0.2, 0) is 11.3 Å². The fraction of sp³-hybridized carbons (Fsp3) is 0.250.